The summed E-state index contributed by atoms with van der Waals surface area (Å²) in [4.78, 5) is 23.1. The average molecular weight is 322 g/mol. The monoisotopic (exact) mass is 322 g/mol. The molecule has 1 saturated carbocycles. The van der Waals surface area contributed by atoms with Crippen molar-refractivity contribution in [3.8, 4) is 0 Å². The van der Waals surface area contributed by atoms with Crippen LogP contribution in [0.15, 0.2) is 24.3 Å². The summed E-state index contributed by atoms with van der Waals surface area (Å²) in [6.07, 6.45) is 1.62. The molecule has 2 fully saturated rings. The summed E-state index contributed by atoms with van der Waals surface area (Å²) >= 11 is 0. The molecule has 1 heterocycles. The van der Waals surface area contributed by atoms with Crippen LogP contribution in [0.1, 0.15) is 24.8 Å². The molecule has 1 aliphatic carbocycles. The number of nitrogens with one attached hydrogen (secondary N) is 3. The van der Waals surface area contributed by atoms with Gasteiger partial charge in [-0.1, -0.05) is 12.1 Å². The van der Waals surface area contributed by atoms with Crippen LogP contribution in [-0.2, 0) is 11.3 Å². The Morgan fingerprint density at radius 1 is 1.30 bits per heavy atom. The normalized spacial score (nSPS) is 29.8. The first kappa shape index (κ1) is 15.8. The largest absolute Gasteiger partial charge is 0.351 e. The molecule has 1 aromatic rings. The summed E-state index contributed by atoms with van der Waals surface area (Å²) in [6.45, 7) is 0.299. The van der Waals surface area contributed by atoms with E-state index < -0.39 is 12.1 Å². The molecule has 23 heavy (non-hydrogen) atoms. The minimum absolute atomic E-state index is 0.0904. The number of benzene rings is 1. The number of hydrogen-bond acceptors (Lipinski definition) is 5. The molecule has 0 radical (unpaired) electrons. The highest BCUT2D eigenvalue weighted by molar-refractivity contribution is 5.82. The van der Waals surface area contributed by atoms with E-state index in [9.17, 15) is 19.3 Å². The van der Waals surface area contributed by atoms with Crippen molar-refractivity contribution < 1.29 is 14.1 Å². The zero-order chi connectivity index (χ0) is 16.4. The number of nitro groups is 1. The predicted molar refractivity (Wildman–Crippen MR) is 80.2 cm³/mol. The Kier molecular flexibility index (Phi) is 4.53. The van der Waals surface area contributed by atoms with Crippen LogP contribution < -0.4 is 16.2 Å². The number of amides is 1. The summed E-state index contributed by atoms with van der Waals surface area (Å²) in [7, 11) is 0. The van der Waals surface area contributed by atoms with Gasteiger partial charge >= 0.3 is 0 Å². The zero-order valence-corrected chi connectivity index (χ0v) is 12.5. The number of rotatable bonds is 4. The Morgan fingerprint density at radius 2 is 2.04 bits per heavy atom. The van der Waals surface area contributed by atoms with Gasteiger partial charge in [-0.3, -0.25) is 20.3 Å². The molecule has 0 bridgehead atoms. The molecule has 0 aromatic heterocycles. The first-order valence-electron chi connectivity index (χ1n) is 7.71. The number of carbonyl (C=O) groups is 1. The van der Waals surface area contributed by atoms with Gasteiger partial charge in [-0.15, -0.1) is 0 Å². The molecule has 1 amide bonds. The predicted octanol–water partition coefficient (Wildman–Crippen LogP) is 0.732. The van der Waals surface area contributed by atoms with Crippen LogP contribution in [-0.4, -0.2) is 29.0 Å². The van der Waals surface area contributed by atoms with Crippen molar-refractivity contribution in [2.45, 2.75) is 43.9 Å². The van der Waals surface area contributed by atoms with Crippen LogP contribution in [0.2, 0.25) is 0 Å². The van der Waals surface area contributed by atoms with Gasteiger partial charge in [0.2, 0.25) is 11.9 Å². The standard InChI is InChI=1S/C15H19FN4O3/c16-10-3-1-9(2-4-10)8-17-15(21)14-12-7-11(20(22)23)5-6-13(12)18-19-14/h1-4,11-14,18-19H,5-8H2,(H,17,21). The van der Waals surface area contributed by atoms with Gasteiger partial charge in [0.05, 0.1) is 0 Å². The van der Waals surface area contributed by atoms with Gasteiger partial charge in [0, 0.05) is 36.3 Å². The molecule has 3 rings (SSSR count). The van der Waals surface area contributed by atoms with Gasteiger partial charge in [-0.25, -0.2) is 9.82 Å². The second-order valence-corrected chi connectivity index (χ2v) is 6.13. The fourth-order valence-electron chi connectivity index (χ4n) is 3.39. The Labute approximate surface area is 132 Å². The molecule has 4 atom stereocenters. The maximum atomic E-state index is 12.9. The topological polar surface area (TPSA) is 96.3 Å². The molecule has 1 aromatic carbocycles. The lowest BCUT2D eigenvalue weighted by atomic mass is 9.79. The fourth-order valence-corrected chi connectivity index (χ4v) is 3.39. The molecule has 0 spiro atoms. The van der Waals surface area contributed by atoms with E-state index in [1.165, 1.54) is 12.1 Å². The minimum atomic E-state index is -0.578. The van der Waals surface area contributed by atoms with Gasteiger partial charge in [-0.2, -0.15) is 0 Å². The van der Waals surface area contributed by atoms with Crippen molar-refractivity contribution in [2.75, 3.05) is 0 Å². The van der Waals surface area contributed by atoms with E-state index in [-0.39, 0.29) is 28.6 Å². The Bertz CT molecular complexity index is 595. The molecule has 2 aliphatic rings. The van der Waals surface area contributed by atoms with E-state index in [0.29, 0.717) is 25.8 Å². The summed E-state index contributed by atoms with van der Waals surface area (Å²) < 4.78 is 12.9. The molecule has 8 heteroatoms. The number of hydrazine groups is 1. The van der Waals surface area contributed by atoms with Crippen molar-refractivity contribution in [1.29, 1.82) is 0 Å². The number of fused-ring (bicyclic) bond motifs is 1. The second kappa shape index (κ2) is 6.59. The molecule has 1 saturated heterocycles. The Morgan fingerprint density at radius 3 is 2.74 bits per heavy atom. The maximum absolute atomic E-state index is 12.9. The molecule has 7 nitrogen and oxygen atoms in total. The van der Waals surface area contributed by atoms with Crippen LogP contribution in [0.25, 0.3) is 0 Å². The van der Waals surface area contributed by atoms with E-state index in [0.717, 1.165) is 5.56 Å². The lowest BCUT2D eigenvalue weighted by molar-refractivity contribution is -0.528. The van der Waals surface area contributed by atoms with Gasteiger partial charge in [0.15, 0.2) is 0 Å². The number of halogens is 1. The maximum Gasteiger partial charge on any atom is 0.239 e. The third-order valence-electron chi connectivity index (χ3n) is 4.68. The molecule has 124 valence electrons. The van der Waals surface area contributed by atoms with E-state index in [1.54, 1.807) is 12.1 Å². The number of nitrogens with zero attached hydrogens (tertiary/aromatic N) is 1. The summed E-state index contributed by atoms with van der Waals surface area (Å²) in [6, 6.07) is 4.94. The van der Waals surface area contributed by atoms with Crippen molar-refractivity contribution in [3.05, 3.63) is 45.8 Å². The van der Waals surface area contributed by atoms with Crippen LogP contribution in [0.5, 0.6) is 0 Å². The first-order valence-corrected chi connectivity index (χ1v) is 7.71. The third-order valence-corrected chi connectivity index (χ3v) is 4.68. The second-order valence-electron chi connectivity index (χ2n) is 6.13. The fraction of sp³-hybridized carbons (Fsp3) is 0.533. The van der Waals surface area contributed by atoms with E-state index in [4.69, 9.17) is 0 Å². The van der Waals surface area contributed by atoms with Crippen LogP contribution >= 0.6 is 0 Å². The van der Waals surface area contributed by atoms with E-state index in [2.05, 4.69) is 16.2 Å². The smallest absolute Gasteiger partial charge is 0.239 e. The van der Waals surface area contributed by atoms with Crippen LogP contribution in [0.4, 0.5) is 4.39 Å². The summed E-state index contributed by atoms with van der Waals surface area (Å²) in [5.74, 6) is -0.608. The quantitative estimate of drug-likeness (QED) is 0.561. The summed E-state index contributed by atoms with van der Waals surface area (Å²) in [5.41, 5.74) is 6.83. The lowest BCUT2D eigenvalue weighted by Crippen LogP contribution is -2.46. The Balaban J connectivity index is 1.58. The van der Waals surface area contributed by atoms with Gasteiger partial charge in [-0.05, 0) is 24.1 Å². The number of carbonyl (C=O) groups excluding carboxylic acids is 1. The van der Waals surface area contributed by atoms with Crippen molar-refractivity contribution in [1.82, 2.24) is 16.2 Å². The van der Waals surface area contributed by atoms with Crippen molar-refractivity contribution >= 4 is 5.91 Å². The highest BCUT2D eigenvalue weighted by Gasteiger charge is 2.46. The molecule has 3 N–H and O–H groups in total. The van der Waals surface area contributed by atoms with E-state index >= 15 is 0 Å². The first-order chi connectivity index (χ1) is 11.0. The SMILES string of the molecule is O=C(NCc1ccc(F)cc1)C1NNC2CCC([N+](=O)[O-])CC21. The van der Waals surface area contributed by atoms with E-state index in [1.807, 2.05) is 0 Å². The lowest BCUT2D eigenvalue weighted by Gasteiger charge is -2.28. The van der Waals surface area contributed by atoms with Crippen LogP contribution in [0, 0.1) is 21.8 Å². The number of hydrogen-bond donors (Lipinski definition) is 3. The molecule has 4 unspecified atom stereocenters. The molecular weight excluding hydrogens is 303 g/mol. The molecular formula is C15H19FN4O3. The third kappa shape index (κ3) is 3.48. The van der Waals surface area contributed by atoms with Crippen molar-refractivity contribution in [3.63, 3.8) is 0 Å². The average Bonchev–Trinajstić information content (AvgIpc) is 2.97. The molecule has 1 aliphatic heterocycles. The Hall–Kier alpha value is -2.06. The zero-order valence-electron chi connectivity index (χ0n) is 12.5. The van der Waals surface area contributed by atoms with Gasteiger partial charge < -0.3 is 5.32 Å². The van der Waals surface area contributed by atoms with Gasteiger partial charge in [0.1, 0.15) is 11.9 Å². The summed E-state index contributed by atoms with van der Waals surface area (Å²) in [5, 5.41) is 13.8. The highest BCUT2D eigenvalue weighted by atomic mass is 19.1. The van der Waals surface area contributed by atoms with Crippen molar-refractivity contribution in [2.24, 2.45) is 5.92 Å². The highest BCUT2D eigenvalue weighted by Crippen LogP contribution is 2.31. The minimum Gasteiger partial charge on any atom is -0.351 e. The van der Waals surface area contributed by atoms with Gasteiger partial charge in [0.25, 0.3) is 0 Å². The van der Waals surface area contributed by atoms with Crippen LogP contribution in [0.3, 0.4) is 0 Å².